The summed E-state index contributed by atoms with van der Waals surface area (Å²) in [5.41, 5.74) is 6.35. The van der Waals surface area contributed by atoms with Gasteiger partial charge in [0.2, 0.25) is 0 Å². The number of nitrogens with two attached hydrogens (primary N) is 1. The quantitative estimate of drug-likeness (QED) is 0.596. The average Bonchev–Trinajstić information content (AvgIpc) is 2.22. The summed E-state index contributed by atoms with van der Waals surface area (Å²) in [6, 6.07) is 7.25. The molecule has 0 fully saturated rings. The second kappa shape index (κ2) is 5.72. The highest BCUT2D eigenvalue weighted by atomic mass is 16.9. The molecule has 0 aromatic heterocycles. The molecule has 1 aromatic carbocycles. The van der Waals surface area contributed by atoms with Gasteiger partial charge < -0.3 is 19.9 Å². The summed E-state index contributed by atoms with van der Waals surface area (Å²) in [7, 11) is 0. The van der Waals surface area contributed by atoms with E-state index in [2.05, 4.69) is 0 Å². The maximum Gasteiger partial charge on any atom is 0.323 e. The van der Waals surface area contributed by atoms with Gasteiger partial charge in [0.1, 0.15) is 5.75 Å². The van der Waals surface area contributed by atoms with E-state index in [0.717, 1.165) is 0 Å². The molecule has 0 saturated heterocycles. The van der Waals surface area contributed by atoms with Crippen LogP contribution in [0, 0.1) is 0 Å². The molecule has 0 unspecified atom stereocenters. The molecule has 1 rings (SSSR count). The summed E-state index contributed by atoms with van der Waals surface area (Å²) in [6.07, 6.45) is 0. The van der Waals surface area contributed by atoms with E-state index < -0.39 is 5.97 Å². The molecule has 0 aliphatic carbocycles. The number of para-hydroxylation sites is 2. The van der Waals surface area contributed by atoms with E-state index in [0.29, 0.717) is 24.7 Å². The van der Waals surface area contributed by atoms with Crippen LogP contribution in [0.15, 0.2) is 24.3 Å². The van der Waals surface area contributed by atoms with Gasteiger partial charge in [0.05, 0.1) is 18.9 Å². The summed E-state index contributed by atoms with van der Waals surface area (Å²) >= 11 is 0. The number of benzene rings is 1. The molecule has 0 spiro atoms. The molecule has 0 aliphatic rings. The molecular formula is C12H19NO3. The number of hydrogen-bond donors (Lipinski definition) is 1. The van der Waals surface area contributed by atoms with Crippen molar-refractivity contribution in [2.45, 2.75) is 26.7 Å². The lowest BCUT2D eigenvalue weighted by molar-refractivity contribution is -0.328. The summed E-state index contributed by atoms with van der Waals surface area (Å²) in [4.78, 5) is 0. The first-order valence-corrected chi connectivity index (χ1v) is 5.42. The largest absolute Gasteiger partial charge is 0.437 e. The van der Waals surface area contributed by atoms with Crippen molar-refractivity contribution >= 4 is 5.69 Å². The predicted octanol–water partition coefficient (Wildman–Crippen LogP) is 2.39. The van der Waals surface area contributed by atoms with E-state index in [1.54, 1.807) is 19.1 Å². The van der Waals surface area contributed by atoms with Crippen LogP contribution in [0.4, 0.5) is 5.69 Å². The minimum atomic E-state index is -1.08. The first-order valence-electron chi connectivity index (χ1n) is 5.42. The SMILES string of the molecule is CCOC(C)(OCC)Oc1ccccc1N. The highest BCUT2D eigenvalue weighted by molar-refractivity contribution is 5.51. The zero-order valence-electron chi connectivity index (χ0n) is 10.0. The molecule has 16 heavy (non-hydrogen) atoms. The van der Waals surface area contributed by atoms with E-state index in [-0.39, 0.29) is 0 Å². The summed E-state index contributed by atoms with van der Waals surface area (Å²) in [5, 5.41) is 0. The van der Waals surface area contributed by atoms with Gasteiger partial charge >= 0.3 is 5.97 Å². The van der Waals surface area contributed by atoms with Crippen LogP contribution in [0.2, 0.25) is 0 Å². The average molecular weight is 225 g/mol. The standard InChI is InChI=1S/C12H19NO3/c1-4-14-12(3,15-5-2)16-11-9-7-6-8-10(11)13/h6-9H,4-5,13H2,1-3H3. The second-order valence-corrected chi connectivity index (χ2v) is 3.37. The molecule has 4 heteroatoms. The third-order valence-electron chi connectivity index (χ3n) is 2.03. The summed E-state index contributed by atoms with van der Waals surface area (Å²) < 4.78 is 16.5. The Labute approximate surface area is 96.3 Å². The van der Waals surface area contributed by atoms with Crippen molar-refractivity contribution in [3.63, 3.8) is 0 Å². The Morgan fingerprint density at radius 2 is 1.69 bits per heavy atom. The zero-order chi connectivity index (χ0) is 12.0. The van der Waals surface area contributed by atoms with Gasteiger partial charge in [-0.3, -0.25) is 0 Å². The molecule has 2 N–H and O–H groups in total. The lowest BCUT2D eigenvalue weighted by Gasteiger charge is -2.29. The lowest BCUT2D eigenvalue weighted by Crippen LogP contribution is -2.39. The van der Waals surface area contributed by atoms with Crippen LogP contribution in [0.1, 0.15) is 20.8 Å². The van der Waals surface area contributed by atoms with E-state index in [1.165, 1.54) is 0 Å². The monoisotopic (exact) mass is 225 g/mol. The maximum absolute atomic E-state index is 5.78. The van der Waals surface area contributed by atoms with Crippen molar-refractivity contribution in [2.75, 3.05) is 18.9 Å². The number of anilines is 1. The molecule has 0 saturated carbocycles. The third kappa shape index (κ3) is 3.40. The molecule has 0 heterocycles. The Bertz CT molecular complexity index is 322. The van der Waals surface area contributed by atoms with Crippen LogP contribution in [0.5, 0.6) is 5.75 Å². The van der Waals surface area contributed by atoms with Gasteiger partial charge in [0.25, 0.3) is 0 Å². The third-order valence-corrected chi connectivity index (χ3v) is 2.03. The summed E-state index contributed by atoms with van der Waals surface area (Å²) in [5.74, 6) is -0.522. The number of ether oxygens (including phenoxy) is 3. The van der Waals surface area contributed by atoms with Gasteiger partial charge in [-0.15, -0.1) is 0 Å². The molecule has 0 atom stereocenters. The van der Waals surface area contributed by atoms with Gasteiger partial charge in [-0.05, 0) is 26.0 Å². The molecule has 4 nitrogen and oxygen atoms in total. The Morgan fingerprint density at radius 1 is 1.12 bits per heavy atom. The van der Waals surface area contributed by atoms with Gasteiger partial charge in [0.15, 0.2) is 0 Å². The van der Waals surface area contributed by atoms with Gasteiger partial charge in [-0.25, -0.2) is 0 Å². The van der Waals surface area contributed by atoms with Crippen LogP contribution in [0.3, 0.4) is 0 Å². The molecular weight excluding hydrogens is 206 g/mol. The fraction of sp³-hybridized carbons (Fsp3) is 0.500. The number of nitrogen functional groups attached to an aromatic ring is 1. The van der Waals surface area contributed by atoms with Gasteiger partial charge in [-0.2, -0.15) is 0 Å². The molecule has 0 amide bonds. The Morgan fingerprint density at radius 3 is 2.19 bits per heavy atom. The second-order valence-electron chi connectivity index (χ2n) is 3.37. The molecule has 0 aliphatic heterocycles. The number of rotatable bonds is 6. The molecule has 1 aromatic rings. The van der Waals surface area contributed by atoms with Crippen LogP contribution < -0.4 is 10.5 Å². The lowest BCUT2D eigenvalue weighted by atomic mass is 10.3. The van der Waals surface area contributed by atoms with E-state index in [1.807, 2.05) is 26.0 Å². The summed E-state index contributed by atoms with van der Waals surface area (Å²) in [6.45, 7) is 6.50. The minimum absolute atomic E-state index is 0.503. The Balaban J connectivity index is 2.79. The predicted molar refractivity (Wildman–Crippen MR) is 63.1 cm³/mol. The smallest absolute Gasteiger partial charge is 0.323 e. The first-order chi connectivity index (χ1) is 7.61. The van der Waals surface area contributed by atoms with Crippen molar-refractivity contribution in [3.05, 3.63) is 24.3 Å². The first kappa shape index (κ1) is 12.8. The topological polar surface area (TPSA) is 53.7 Å². The van der Waals surface area contributed by atoms with Crippen molar-refractivity contribution in [3.8, 4) is 5.75 Å². The van der Waals surface area contributed by atoms with Crippen molar-refractivity contribution < 1.29 is 14.2 Å². The number of hydrogen-bond acceptors (Lipinski definition) is 4. The highest BCUT2D eigenvalue weighted by Crippen LogP contribution is 2.26. The van der Waals surface area contributed by atoms with E-state index in [4.69, 9.17) is 19.9 Å². The minimum Gasteiger partial charge on any atom is -0.437 e. The fourth-order valence-electron chi connectivity index (χ4n) is 1.40. The van der Waals surface area contributed by atoms with Crippen LogP contribution >= 0.6 is 0 Å². The van der Waals surface area contributed by atoms with Gasteiger partial charge in [0, 0.05) is 6.92 Å². The van der Waals surface area contributed by atoms with Crippen LogP contribution in [-0.4, -0.2) is 19.2 Å². The van der Waals surface area contributed by atoms with E-state index >= 15 is 0 Å². The van der Waals surface area contributed by atoms with Crippen molar-refractivity contribution in [1.82, 2.24) is 0 Å². The van der Waals surface area contributed by atoms with Crippen molar-refractivity contribution in [2.24, 2.45) is 0 Å². The fourth-order valence-corrected chi connectivity index (χ4v) is 1.40. The Kier molecular flexibility index (Phi) is 4.58. The van der Waals surface area contributed by atoms with Crippen molar-refractivity contribution in [1.29, 1.82) is 0 Å². The normalized spacial score (nSPS) is 11.4. The van der Waals surface area contributed by atoms with Gasteiger partial charge in [-0.1, -0.05) is 12.1 Å². The molecule has 0 bridgehead atoms. The van der Waals surface area contributed by atoms with Crippen LogP contribution in [0.25, 0.3) is 0 Å². The Hall–Kier alpha value is -1.26. The maximum atomic E-state index is 5.78. The molecule has 90 valence electrons. The molecule has 0 radical (unpaired) electrons. The highest BCUT2D eigenvalue weighted by Gasteiger charge is 2.28. The van der Waals surface area contributed by atoms with E-state index in [9.17, 15) is 0 Å². The zero-order valence-corrected chi connectivity index (χ0v) is 10.0. The van der Waals surface area contributed by atoms with Crippen LogP contribution in [-0.2, 0) is 9.47 Å².